The van der Waals surface area contributed by atoms with E-state index in [0.29, 0.717) is 12.1 Å². The molecule has 2 rings (SSSR count). The fourth-order valence-electron chi connectivity index (χ4n) is 1.86. The van der Waals surface area contributed by atoms with Gasteiger partial charge in [-0.15, -0.1) is 0 Å². The second-order valence-corrected chi connectivity index (χ2v) is 3.87. The van der Waals surface area contributed by atoms with E-state index in [4.69, 9.17) is 5.73 Å². The third kappa shape index (κ3) is 1.30. The van der Waals surface area contributed by atoms with Crippen LogP contribution in [0.2, 0.25) is 0 Å². The number of phenolic OH excluding ortho intramolecular Hbond substituents is 1. The lowest BCUT2D eigenvalue weighted by Gasteiger charge is -2.14. The molecule has 1 aromatic carbocycles. The summed E-state index contributed by atoms with van der Waals surface area (Å²) in [6.07, 6.45) is 2.86. The van der Waals surface area contributed by atoms with Gasteiger partial charge in [-0.3, -0.25) is 4.79 Å². The first-order valence-electron chi connectivity index (χ1n) is 4.70. The van der Waals surface area contributed by atoms with Crippen LogP contribution in [0.1, 0.15) is 28.8 Å². The minimum atomic E-state index is 0.00391. The molecule has 0 aromatic heterocycles. The molecule has 1 saturated carbocycles. The zero-order valence-corrected chi connectivity index (χ0v) is 7.86. The van der Waals surface area contributed by atoms with Crippen LogP contribution in [0.5, 0.6) is 5.75 Å². The number of aromatic hydroxyl groups is 1. The Kier molecular flexibility index (Phi) is 2.04. The van der Waals surface area contributed by atoms with Crippen molar-refractivity contribution < 1.29 is 9.90 Å². The van der Waals surface area contributed by atoms with Gasteiger partial charge in [-0.2, -0.15) is 0 Å². The van der Waals surface area contributed by atoms with E-state index in [2.05, 4.69) is 0 Å². The standard InChI is InChI=1S/C11H13NO2/c12-7-11(3-4-11)10-2-1-9(14)5-8(10)6-13/h1-2,5-6,14H,3-4,7,12H2. The monoisotopic (exact) mass is 191 g/mol. The van der Waals surface area contributed by atoms with Crippen molar-refractivity contribution in [1.29, 1.82) is 0 Å². The normalized spacial score (nSPS) is 17.8. The van der Waals surface area contributed by atoms with Crippen LogP contribution >= 0.6 is 0 Å². The van der Waals surface area contributed by atoms with Gasteiger partial charge in [0.05, 0.1) is 0 Å². The molecule has 0 radical (unpaired) electrons. The maximum Gasteiger partial charge on any atom is 0.150 e. The molecule has 0 bridgehead atoms. The molecule has 0 aliphatic heterocycles. The number of rotatable bonds is 3. The zero-order chi connectivity index (χ0) is 10.2. The fraction of sp³-hybridized carbons (Fsp3) is 0.364. The summed E-state index contributed by atoms with van der Waals surface area (Å²) in [7, 11) is 0. The quantitative estimate of drug-likeness (QED) is 0.705. The summed E-state index contributed by atoms with van der Waals surface area (Å²) >= 11 is 0. The minimum Gasteiger partial charge on any atom is -0.508 e. The number of benzene rings is 1. The Morgan fingerprint density at radius 3 is 2.71 bits per heavy atom. The molecule has 0 heterocycles. The first kappa shape index (κ1) is 9.21. The molecule has 3 heteroatoms. The molecule has 0 saturated heterocycles. The van der Waals surface area contributed by atoms with Crippen molar-refractivity contribution in [3.63, 3.8) is 0 Å². The number of aldehydes is 1. The van der Waals surface area contributed by atoms with Crippen LogP contribution in [0, 0.1) is 0 Å². The third-order valence-corrected chi connectivity index (χ3v) is 2.98. The van der Waals surface area contributed by atoms with Crippen molar-refractivity contribution in [2.24, 2.45) is 5.73 Å². The summed E-state index contributed by atoms with van der Waals surface area (Å²) in [5.74, 6) is 0.128. The lowest BCUT2D eigenvalue weighted by molar-refractivity contribution is 0.112. The average Bonchev–Trinajstić information content (AvgIpc) is 2.98. The summed E-state index contributed by atoms with van der Waals surface area (Å²) in [6.45, 7) is 0.568. The number of phenols is 1. The van der Waals surface area contributed by atoms with E-state index < -0.39 is 0 Å². The number of carbonyl (C=O) groups is 1. The van der Waals surface area contributed by atoms with Crippen LogP contribution in [-0.4, -0.2) is 17.9 Å². The van der Waals surface area contributed by atoms with Gasteiger partial charge in [0, 0.05) is 17.5 Å². The van der Waals surface area contributed by atoms with Gasteiger partial charge >= 0.3 is 0 Å². The van der Waals surface area contributed by atoms with Crippen molar-refractivity contribution in [1.82, 2.24) is 0 Å². The molecule has 1 aromatic rings. The van der Waals surface area contributed by atoms with Crippen molar-refractivity contribution in [3.8, 4) is 5.75 Å². The molecule has 3 nitrogen and oxygen atoms in total. The van der Waals surface area contributed by atoms with Crippen molar-refractivity contribution in [2.75, 3.05) is 6.54 Å². The average molecular weight is 191 g/mol. The molecule has 1 aliphatic rings. The Morgan fingerprint density at radius 2 is 2.21 bits per heavy atom. The Bertz CT molecular complexity index is 370. The lowest BCUT2D eigenvalue weighted by Crippen LogP contribution is -2.21. The fourth-order valence-corrected chi connectivity index (χ4v) is 1.86. The SMILES string of the molecule is NCC1(c2ccc(O)cc2C=O)CC1. The first-order chi connectivity index (χ1) is 6.72. The summed E-state index contributed by atoms with van der Waals surface area (Å²) < 4.78 is 0. The predicted molar refractivity (Wildman–Crippen MR) is 53.5 cm³/mol. The number of hydrogen-bond donors (Lipinski definition) is 2. The van der Waals surface area contributed by atoms with Crippen LogP contribution in [0.3, 0.4) is 0 Å². The molecule has 1 aliphatic carbocycles. The highest BCUT2D eigenvalue weighted by molar-refractivity contribution is 5.79. The van der Waals surface area contributed by atoms with Crippen LogP contribution in [0.15, 0.2) is 18.2 Å². The summed E-state index contributed by atoms with van der Waals surface area (Å²) in [5.41, 5.74) is 7.23. The molecule has 0 spiro atoms. The summed E-state index contributed by atoms with van der Waals surface area (Å²) in [5, 5.41) is 9.24. The first-order valence-corrected chi connectivity index (χ1v) is 4.70. The van der Waals surface area contributed by atoms with Gasteiger partial charge in [0.1, 0.15) is 12.0 Å². The second kappa shape index (κ2) is 3.10. The highest BCUT2D eigenvalue weighted by Gasteiger charge is 2.44. The molecule has 3 N–H and O–H groups in total. The molecular formula is C11H13NO2. The van der Waals surface area contributed by atoms with Crippen LogP contribution < -0.4 is 5.73 Å². The smallest absolute Gasteiger partial charge is 0.150 e. The summed E-state index contributed by atoms with van der Waals surface area (Å²) in [6, 6.07) is 4.91. The van der Waals surface area contributed by atoms with Crippen molar-refractivity contribution >= 4 is 6.29 Å². The van der Waals surface area contributed by atoms with E-state index in [1.165, 1.54) is 6.07 Å². The van der Waals surface area contributed by atoms with Crippen molar-refractivity contribution in [2.45, 2.75) is 18.3 Å². The molecule has 74 valence electrons. The second-order valence-electron chi connectivity index (χ2n) is 3.87. The van der Waals surface area contributed by atoms with Crippen LogP contribution in [-0.2, 0) is 5.41 Å². The van der Waals surface area contributed by atoms with Gasteiger partial charge in [0.25, 0.3) is 0 Å². The van der Waals surface area contributed by atoms with Gasteiger partial charge in [0.2, 0.25) is 0 Å². The van der Waals surface area contributed by atoms with Gasteiger partial charge in [0.15, 0.2) is 0 Å². The number of hydrogen-bond acceptors (Lipinski definition) is 3. The zero-order valence-electron chi connectivity index (χ0n) is 7.86. The van der Waals surface area contributed by atoms with Crippen LogP contribution in [0.4, 0.5) is 0 Å². The van der Waals surface area contributed by atoms with E-state index in [1.54, 1.807) is 12.1 Å². The topological polar surface area (TPSA) is 63.3 Å². The lowest BCUT2D eigenvalue weighted by atomic mass is 9.92. The molecule has 1 fully saturated rings. The minimum absolute atomic E-state index is 0.00391. The van der Waals surface area contributed by atoms with Gasteiger partial charge < -0.3 is 10.8 Å². The van der Waals surface area contributed by atoms with E-state index >= 15 is 0 Å². The Balaban J connectivity index is 2.47. The maximum atomic E-state index is 10.8. The maximum absolute atomic E-state index is 10.8. The van der Waals surface area contributed by atoms with Crippen molar-refractivity contribution in [3.05, 3.63) is 29.3 Å². The molecule has 0 amide bonds. The van der Waals surface area contributed by atoms with Gasteiger partial charge in [-0.25, -0.2) is 0 Å². The van der Waals surface area contributed by atoms with E-state index in [-0.39, 0.29) is 11.2 Å². The number of nitrogens with two attached hydrogens (primary N) is 1. The van der Waals surface area contributed by atoms with Gasteiger partial charge in [-0.05, 0) is 30.5 Å². The largest absolute Gasteiger partial charge is 0.508 e. The highest BCUT2D eigenvalue weighted by Crippen LogP contribution is 2.48. The highest BCUT2D eigenvalue weighted by atomic mass is 16.3. The number of carbonyl (C=O) groups excluding carboxylic acids is 1. The Labute approximate surface area is 82.5 Å². The molecule has 0 unspecified atom stereocenters. The van der Waals surface area contributed by atoms with E-state index in [1.807, 2.05) is 0 Å². The molecule has 14 heavy (non-hydrogen) atoms. The van der Waals surface area contributed by atoms with E-state index in [9.17, 15) is 9.90 Å². The third-order valence-electron chi connectivity index (χ3n) is 2.98. The molecular weight excluding hydrogens is 178 g/mol. The Hall–Kier alpha value is -1.35. The van der Waals surface area contributed by atoms with E-state index in [0.717, 1.165) is 24.7 Å². The predicted octanol–water partition coefficient (Wildman–Crippen LogP) is 1.20. The van der Waals surface area contributed by atoms with Gasteiger partial charge in [-0.1, -0.05) is 6.07 Å². The summed E-state index contributed by atoms with van der Waals surface area (Å²) in [4.78, 5) is 10.8. The Morgan fingerprint density at radius 1 is 1.50 bits per heavy atom. The van der Waals surface area contributed by atoms with Crippen LogP contribution in [0.25, 0.3) is 0 Å². The molecule has 0 atom stereocenters.